The number of carbonyl (C=O) groups excluding carboxylic acids is 5. The van der Waals surface area contributed by atoms with Crippen LogP contribution in [0.15, 0.2) is 0 Å². The summed E-state index contributed by atoms with van der Waals surface area (Å²) in [4.78, 5) is 80.4. The molecule has 4 rings (SSSR count). The highest BCUT2D eigenvalue weighted by atomic mass is 32.2. The Balaban J connectivity index is 0.000000435. The summed E-state index contributed by atoms with van der Waals surface area (Å²) in [6.45, 7) is 25.7. The van der Waals surface area contributed by atoms with Crippen molar-refractivity contribution >= 4 is 82.8 Å². The first-order valence-corrected chi connectivity index (χ1v) is 32.8. The maximum Gasteiger partial charge on any atom is 0.408 e. The van der Waals surface area contributed by atoms with Gasteiger partial charge in [-0.25, -0.2) is 4.79 Å². The number of ether oxygens (including phenoxy) is 3. The largest absolute Gasteiger partial charge is 0.480 e. The van der Waals surface area contributed by atoms with E-state index >= 15 is 0 Å². The summed E-state index contributed by atoms with van der Waals surface area (Å²) in [5, 5.41) is 90.1. The number of aliphatic hydroxyl groups is 6. The lowest BCUT2D eigenvalue weighted by molar-refractivity contribution is -0.192. The fourth-order valence-electron chi connectivity index (χ4n) is 10.0. The highest BCUT2D eigenvalue weighted by Gasteiger charge is 2.55. The lowest BCUT2D eigenvalue weighted by Gasteiger charge is -2.41. The summed E-state index contributed by atoms with van der Waals surface area (Å²) in [5.74, 6) is 0.744. The van der Waals surface area contributed by atoms with E-state index in [0.717, 1.165) is 35.9 Å². The molecule has 4 saturated heterocycles. The van der Waals surface area contributed by atoms with Crippen LogP contribution in [0.4, 0.5) is 4.79 Å². The predicted octanol–water partition coefficient (Wildman–Crippen LogP) is 2.50. The quantitative estimate of drug-likeness (QED) is 0.0461. The maximum absolute atomic E-state index is 14.2. The van der Waals surface area contributed by atoms with E-state index in [4.69, 9.17) is 14.6 Å². The topological polar surface area (TPSA) is 350 Å². The van der Waals surface area contributed by atoms with Gasteiger partial charge in [0, 0.05) is 19.5 Å². The van der Waals surface area contributed by atoms with Crippen LogP contribution in [-0.2, 0) is 38.2 Å². The van der Waals surface area contributed by atoms with Crippen molar-refractivity contribution in [3.8, 4) is 0 Å². The van der Waals surface area contributed by atoms with Gasteiger partial charge in [0.1, 0.15) is 42.5 Å². The number of esters is 1. The molecule has 12 atom stereocenters. The maximum atomic E-state index is 14.2. The van der Waals surface area contributed by atoms with Crippen LogP contribution < -0.4 is 31.9 Å². The predicted molar refractivity (Wildman–Crippen MR) is 325 cm³/mol. The van der Waals surface area contributed by atoms with Crippen molar-refractivity contribution in [3.05, 3.63) is 0 Å². The van der Waals surface area contributed by atoms with Crippen molar-refractivity contribution in [1.82, 2.24) is 41.7 Å². The SMILES string of the molecule is CCCC(NC(=O)C1CC2(CN1C(=O)C(N[C@@H](O)OC(C)(C)C)C(C)(C)C)SCCCS2)[C@@H](O)[C@H](O)NCC(=O)O.CCCC(NC(=O)C1CC2(CN1[C@H](O)C(NC(=O)OC(C)(C)C)C(C)(C)C)SCCCS2)[C@@H](O)[C@H](O)NCC(=O)OC. The molecule has 13 N–H and O–H groups in total. The van der Waals surface area contributed by atoms with Crippen LogP contribution in [0.2, 0.25) is 0 Å². The number of carboxylic acids is 1. The van der Waals surface area contributed by atoms with Crippen molar-refractivity contribution in [2.45, 2.75) is 241 Å². The lowest BCUT2D eigenvalue weighted by Crippen LogP contribution is -2.62. The molecule has 0 saturated carbocycles. The zero-order chi connectivity index (χ0) is 63.1. The first-order valence-electron chi connectivity index (χ1n) is 28.8. The van der Waals surface area contributed by atoms with Gasteiger partial charge < -0.3 is 70.8 Å². The Morgan fingerprint density at radius 3 is 1.51 bits per heavy atom. The Morgan fingerprint density at radius 2 is 1.08 bits per heavy atom. The molecule has 24 nitrogen and oxygen atoms in total. The van der Waals surface area contributed by atoms with Crippen LogP contribution in [-0.4, -0.2) is 231 Å². The first kappa shape index (κ1) is 74.8. The molecule has 0 aromatic carbocycles. The second-order valence-corrected chi connectivity index (χ2v) is 32.3. The third-order valence-corrected chi connectivity index (χ3v) is 20.8. The molecular formula is C55H102N8O16S4. The molecule has 83 heavy (non-hydrogen) atoms. The number of amides is 4. The van der Waals surface area contributed by atoms with Gasteiger partial charge in [-0.1, -0.05) is 68.2 Å². The summed E-state index contributed by atoms with van der Waals surface area (Å²) in [5.41, 5.74) is -2.61. The molecule has 2 spiro atoms. The number of carbonyl (C=O) groups is 6. The summed E-state index contributed by atoms with van der Waals surface area (Å²) in [6, 6.07) is -4.93. The zero-order valence-corrected chi connectivity index (χ0v) is 54.8. The van der Waals surface area contributed by atoms with Crippen LogP contribution in [0.25, 0.3) is 0 Å². The number of alkyl carbamates (subject to hydrolysis) is 1. The minimum absolute atomic E-state index is 0.306. The summed E-state index contributed by atoms with van der Waals surface area (Å²) in [7, 11) is 1.22. The van der Waals surface area contributed by atoms with Crippen LogP contribution in [0.1, 0.15) is 148 Å². The van der Waals surface area contributed by atoms with Gasteiger partial charge in [0.15, 0.2) is 0 Å². The van der Waals surface area contributed by atoms with Gasteiger partial charge in [-0.05, 0) is 107 Å². The van der Waals surface area contributed by atoms with Gasteiger partial charge in [-0.15, -0.1) is 47.0 Å². The number of hydrogen-bond donors (Lipinski definition) is 13. The third kappa shape index (κ3) is 23.9. The monoisotopic (exact) mass is 1260 g/mol. The molecule has 28 heteroatoms. The van der Waals surface area contributed by atoms with Crippen LogP contribution in [0.3, 0.4) is 0 Å². The molecule has 0 radical (unpaired) electrons. The Hall–Kier alpha value is -2.42. The molecule has 0 bridgehead atoms. The zero-order valence-electron chi connectivity index (χ0n) is 51.6. The molecule has 4 aliphatic heterocycles. The van der Waals surface area contributed by atoms with E-state index in [1.165, 1.54) is 7.11 Å². The van der Waals surface area contributed by atoms with Crippen molar-refractivity contribution in [2.75, 3.05) is 56.3 Å². The van der Waals surface area contributed by atoms with Crippen LogP contribution in [0, 0.1) is 10.8 Å². The van der Waals surface area contributed by atoms with Gasteiger partial charge in [0.05, 0.1) is 64.2 Å². The molecule has 4 fully saturated rings. The van der Waals surface area contributed by atoms with Crippen molar-refractivity contribution in [3.63, 3.8) is 0 Å². The molecule has 4 heterocycles. The fraction of sp³-hybridized carbons (Fsp3) is 0.891. The van der Waals surface area contributed by atoms with E-state index in [0.29, 0.717) is 51.6 Å². The smallest absolute Gasteiger partial charge is 0.408 e. The Morgan fingerprint density at radius 1 is 0.627 bits per heavy atom. The molecule has 4 amide bonds. The Kier molecular flexibility index (Phi) is 29.5. The fourth-order valence-corrected chi connectivity index (χ4v) is 16.8. The number of likely N-dealkylation sites (tertiary alicyclic amines) is 2. The van der Waals surface area contributed by atoms with E-state index in [-0.39, 0.29) is 26.5 Å². The highest BCUT2D eigenvalue weighted by Crippen LogP contribution is 2.52. The van der Waals surface area contributed by atoms with E-state index in [9.17, 15) is 59.4 Å². The van der Waals surface area contributed by atoms with Crippen molar-refractivity contribution < 1.29 is 78.7 Å². The van der Waals surface area contributed by atoms with E-state index in [1.54, 1.807) is 98.4 Å². The molecule has 0 aliphatic carbocycles. The average molecular weight is 1260 g/mol. The third-order valence-electron chi connectivity index (χ3n) is 14.1. The van der Waals surface area contributed by atoms with E-state index in [1.807, 2.05) is 55.4 Å². The molecule has 0 aromatic heterocycles. The van der Waals surface area contributed by atoms with Gasteiger partial charge in [0.2, 0.25) is 24.1 Å². The Bertz CT molecular complexity index is 2080. The number of thioether (sulfide) groups is 4. The second-order valence-electron chi connectivity index (χ2n) is 25.9. The Labute approximate surface area is 509 Å². The molecule has 482 valence electrons. The summed E-state index contributed by atoms with van der Waals surface area (Å²) in [6.07, 6.45) is -4.32. The number of rotatable bonds is 25. The average Bonchev–Trinajstić information content (AvgIpc) is 3.94. The number of aliphatic hydroxyl groups excluding tert-OH is 6. The van der Waals surface area contributed by atoms with Gasteiger partial charge in [-0.3, -0.25) is 44.8 Å². The first-order chi connectivity index (χ1) is 38.3. The summed E-state index contributed by atoms with van der Waals surface area (Å²) < 4.78 is 15.0. The number of nitrogens with zero attached hydrogens (tertiary/aromatic N) is 2. The normalized spacial score (nSPS) is 23.0. The minimum Gasteiger partial charge on any atom is -0.480 e. The van der Waals surface area contributed by atoms with E-state index in [2.05, 4.69) is 36.6 Å². The standard InChI is InChI=1S/C28H52N4O8S2.C27H50N4O8S2/c1-9-11-17(20(34)23(36)29-15-19(33)39-8)30-22(35)18-14-28(41-12-10-13-42-28)16-32(18)24(37)21(26(2,3)4)31-25(38)40-27(5,6)7;1-8-10-16(19(34)22(36)28-14-18(32)33)29-21(35)17-13-27(40-11-9-12-41-27)15-31(17)23(37)20(25(2,3)4)30-24(38)39-26(5,6)7/h17-18,20-21,23-24,29,34,36-37H,9-16H2,1-8H3,(H,30,35)(H,31,38);16-17,19-20,22,24,28,30,34,36,38H,8-15H2,1-7H3,(H,29,35)(H,32,33)/t17?,18?,20-,21?,23+,24-;16?,17?,19-,20?,22+,24+/m11/s1. The van der Waals surface area contributed by atoms with Gasteiger partial charge >= 0.3 is 18.0 Å². The summed E-state index contributed by atoms with van der Waals surface area (Å²) >= 11 is 7.06. The number of aliphatic carboxylic acids is 1. The highest BCUT2D eigenvalue weighted by molar-refractivity contribution is 8.19. The number of hydrogen-bond acceptors (Lipinski definition) is 23. The molecule has 0 aromatic rings. The lowest BCUT2D eigenvalue weighted by atomic mass is 9.85. The van der Waals surface area contributed by atoms with Crippen molar-refractivity contribution in [2.24, 2.45) is 10.8 Å². The number of nitrogens with one attached hydrogen (secondary N) is 6. The van der Waals surface area contributed by atoms with Crippen molar-refractivity contribution in [1.29, 1.82) is 0 Å². The number of carboxylic acid groups (broad SMARTS) is 1. The molecule has 6 unspecified atom stereocenters. The van der Waals surface area contributed by atoms with Crippen LogP contribution >= 0.6 is 47.0 Å². The minimum atomic E-state index is -1.57. The second kappa shape index (κ2) is 32.7. The van der Waals surface area contributed by atoms with E-state index < -0.39 is 126 Å². The van der Waals surface area contributed by atoms with Gasteiger partial charge in [-0.2, -0.15) is 0 Å². The van der Waals surface area contributed by atoms with Gasteiger partial charge in [0.25, 0.3) is 0 Å². The molecule has 4 aliphatic rings. The molecular weight excluding hydrogens is 1160 g/mol. The number of methoxy groups -OCH3 is 1. The van der Waals surface area contributed by atoms with Crippen LogP contribution in [0.5, 0.6) is 0 Å².